The van der Waals surface area contributed by atoms with E-state index in [1.807, 2.05) is 12.1 Å². The second-order valence-electron chi connectivity index (χ2n) is 5.20. The monoisotopic (exact) mass is 263 g/mol. The topological polar surface area (TPSA) is 39.7 Å². The van der Waals surface area contributed by atoms with Gasteiger partial charge in [-0.15, -0.1) is 0 Å². The van der Waals surface area contributed by atoms with Gasteiger partial charge >= 0.3 is 0 Å². The lowest BCUT2D eigenvalue weighted by Crippen LogP contribution is -2.49. The van der Waals surface area contributed by atoms with Crippen LogP contribution in [0.2, 0.25) is 0 Å². The Morgan fingerprint density at radius 1 is 1.32 bits per heavy atom. The standard InChI is InChI=1S/C15H21NO3/c1-17-13-5-2-4-12(10-13)14-11-15(6-7-16-14)18-8-3-9-19-15/h2,4-5,10,14,16H,3,6-9,11H2,1H3. The molecule has 1 N–H and O–H groups in total. The molecule has 2 aliphatic rings. The van der Waals surface area contributed by atoms with Crippen molar-refractivity contribution in [1.29, 1.82) is 0 Å². The fourth-order valence-electron chi connectivity index (χ4n) is 2.90. The zero-order valence-corrected chi connectivity index (χ0v) is 11.4. The van der Waals surface area contributed by atoms with Crippen LogP contribution in [0, 0.1) is 0 Å². The third kappa shape index (κ3) is 2.76. The van der Waals surface area contributed by atoms with Gasteiger partial charge in [0.05, 0.1) is 20.3 Å². The molecule has 1 unspecified atom stereocenters. The van der Waals surface area contributed by atoms with Crippen molar-refractivity contribution < 1.29 is 14.2 Å². The van der Waals surface area contributed by atoms with Crippen LogP contribution in [0.15, 0.2) is 24.3 Å². The minimum absolute atomic E-state index is 0.266. The summed E-state index contributed by atoms with van der Waals surface area (Å²) in [6, 6.07) is 8.47. The van der Waals surface area contributed by atoms with E-state index in [2.05, 4.69) is 17.4 Å². The minimum atomic E-state index is -0.378. The maximum atomic E-state index is 5.92. The highest BCUT2D eigenvalue weighted by Crippen LogP contribution is 2.36. The predicted octanol–water partition coefficient (Wildman–Crippen LogP) is 2.25. The van der Waals surface area contributed by atoms with Crippen LogP contribution in [0.25, 0.3) is 0 Å². The van der Waals surface area contributed by atoms with Crippen LogP contribution in [0.3, 0.4) is 0 Å². The number of nitrogens with one attached hydrogen (secondary N) is 1. The van der Waals surface area contributed by atoms with Gasteiger partial charge in [-0.05, 0) is 24.1 Å². The second-order valence-corrected chi connectivity index (χ2v) is 5.20. The maximum absolute atomic E-state index is 5.92. The molecule has 1 aromatic rings. The van der Waals surface area contributed by atoms with Crippen LogP contribution in [0.4, 0.5) is 0 Å². The molecular weight excluding hydrogens is 242 g/mol. The Hall–Kier alpha value is -1.10. The first-order chi connectivity index (χ1) is 9.31. The lowest BCUT2D eigenvalue weighted by atomic mass is 9.92. The smallest absolute Gasteiger partial charge is 0.171 e. The van der Waals surface area contributed by atoms with Gasteiger partial charge in [0.2, 0.25) is 0 Å². The Morgan fingerprint density at radius 2 is 2.16 bits per heavy atom. The van der Waals surface area contributed by atoms with Crippen LogP contribution in [-0.4, -0.2) is 32.7 Å². The average Bonchev–Trinajstić information content (AvgIpc) is 2.48. The zero-order valence-electron chi connectivity index (χ0n) is 11.4. The van der Waals surface area contributed by atoms with E-state index in [0.717, 1.165) is 44.8 Å². The van der Waals surface area contributed by atoms with E-state index in [1.54, 1.807) is 7.11 Å². The zero-order chi connectivity index (χ0) is 13.1. The van der Waals surface area contributed by atoms with Gasteiger partial charge in [0, 0.05) is 25.4 Å². The number of benzene rings is 1. The van der Waals surface area contributed by atoms with E-state index in [1.165, 1.54) is 5.56 Å². The lowest BCUT2D eigenvalue weighted by molar-refractivity contribution is -0.281. The molecule has 104 valence electrons. The van der Waals surface area contributed by atoms with Gasteiger partial charge in [-0.25, -0.2) is 0 Å². The Balaban J connectivity index is 1.76. The van der Waals surface area contributed by atoms with Crippen molar-refractivity contribution in [2.75, 3.05) is 26.9 Å². The van der Waals surface area contributed by atoms with E-state index in [4.69, 9.17) is 14.2 Å². The van der Waals surface area contributed by atoms with Gasteiger partial charge in [-0.3, -0.25) is 0 Å². The molecule has 3 rings (SSSR count). The molecule has 0 saturated carbocycles. The molecule has 1 aromatic carbocycles. The van der Waals surface area contributed by atoms with E-state index in [9.17, 15) is 0 Å². The van der Waals surface area contributed by atoms with Gasteiger partial charge in [0.1, 0.15) is 5.75 Å². The normalized spacial score (nSPS) is 26.3. The molecule has 0 radical (unpaired) electrons. The first-order valence-electron chi connectivity index (χ1n) is 6.97. The number of piperidine rings is 1. The average molecular weight is 263 g/mol. The fraction of sp³-hybridized carbons (Fsp3) is 0.600. The highest BCUT2D eigenvalue weighted by atomic mass is 16.7. The number of hydrogen-bond donors (Lipinski definition) is 1. The molecule has 4 nitrogen and oxygen atoms in total. The third-order valence-electron chi connectivity index (χ3n) is 3.93. The Morgan fingerprint density at radius 3 is 2.95 bits per heavy atom. The van der Waals surface area contributed by atoms with Gasteiger partial charge in [-0.1, -0.05) is 12.1 Å². The van der Waals surface area contributed by atoms with Crippen molar-refractivity contribution in [3.05, 3.63) is 29.8 Å². The molecule has 2 heterocycles. The van der Waals surface area contributed by atoms with E-state index >= 15 is 0 Å². The summed E-state index contributed by atoms with van der Waals surface area (Å²) in [7, 11) is 1.70. The molecule has 4 heteroatoms. The Bertz CT molecular complexity index is 424. The van der Waals surface area contributed by atoms with Gasteiger partial charge in [0.25, 0.3) is 0 Å². The number of ether oxygens (including phenoxy) is 3. The van der Waals surface area contributed by atoms with Crippen molar-refractivity contribution in [3.63, 3.8) is 0 Å². The first-order valence-corrected chi connectivity index (χ1v) is 6.97. The highest BCUT2D eigenvalue weighted by Gasteiger charge is 2.40. The summed E-state index contributed by atoms with van der Waals surface area (Å²) in [5, 5.41) is 3.54. The Labute approximate surface area is 114 Å². The van der Waals surface area contributed by atoms with Crippen LogP contribution in [-0.2, 0) is 9.47 Å². The molecule has 0 aromatic heterocycles. The molecule has 0 aliphatic carbocycles. The summed E-state index contributed by atoms with van der Waals surface area (Å²) in [6.45, 7) is 2.54. The summed E-state index contributed by atoms with van der Waals surface area (Å²) < 4.78 is 17.1. The molecule has 2 aliphatic heterocycles. The molecule has 2 saturated heterocycles. The first kappa shape index (κ1) is 12.9. The van der Waals surface area contributed by atoms with Crippen molar-refractivity contribution in [2.45, 2.75) is 31.1 Å². The fourth-order valence-corrected chi connectivity index (χ4v) is 2.90. The maximum Gasteiger partial charge on any atom is 0.171 e. The summed E-state index contributed by atoms with van der Waals surface area (Å²) in [6.07, 6.45) is 2.78. The number of methoxy groups -OCH3 is 1. The summed E-state index contributed by atoms with van der Waals surface area (Å²) in [5.41, 5.74) is 1.23. The van der Waals surface area contributed by atoms with Crippen LogP contribution < -0.4 is 10.1 Å². The van der Waals surface area contributed by atoms with Gasteiger partial charge in [0.15, 0.2) is 5.79 Å². The molecular formula is C15H21NO3. The predicted molar refractivity (Wildman–Crippen MR) is 72.2 cm³/mol. The summed E-state index contributed by atoms with van der Waals surface area (Å²) in [5.74, 6) is 0.515. The number of rotatable bonds is 2. The molecule has 1 atom stereocenters. The van der Waals surface area contributed by atoms with Crippen molar-refractivity contribution >= 4 is 0 Å². The second kappa shape index (κ2) is 5.49. The SMILES string of the molecule is COc1cccc(C2CC3(CCN2)OCCCO3)c1. The van der Waals surface area contributed by atoms with Crippen molar-refractivity contribution in [1.82, 2.24) is 5.32 Å². The molecule has 2 fully saturated rings. The summed E-state index contributed by atoms with van der Waals surface area (Å²) in [4.78, 5) is 0. The third-order valence-corrected chi connectivity index (χ3v) is 3.93. The van der Waals surface area contributed by atoms with Gasteiger partial charge < -0.3 is 19.5 Å². The quantitative estimate of drug-likeness (QED) is 0.888. The van der Waals surface area contributed by atoms with Crippen LogP contribution in [0.5, 0.6) is 5.75 Å². The Kier molecular flexibility index (Phi) is 3.73. The molecule has 1 spiro atoms. The van der Waals surface area contributed by atoms with E-state index in [0.29, 0.717) is 0 Å². The van der Waals surface area contributed by atoms with Crippen molar-refractivity contribution in [2.24, 2.45) is 0 Å². The van der Waals surface area contributed by atoms with E-state index < -0.39 is 0 Å². The van der Waals surface area contributed by atoms with Crippen molar-refractivity contribution in [3.8, 4) is 5.75 Å². The van der Waals surface area contributed by atoms with Gasteiger partial charge in [-0.2, -0.15) is 0 Å². The highest BCUT2D eigenvalue weighted by molar-refractivity contribution is 5.31. The molecule has 0 bridgehead atoms. The van der Waals surface area contributed by atoms with E-state index in [-0.39, 0.29) is 11.8 Å². The van der Waals surface area contributed by atoms with Crippen LogP contribution in [0.1, 0.15) is 30.9 Å². The lowest BCUT2D eigenvalue weighted by Gasteiger charge is -2.43. The summed E-state index contributed by atoms with van der Waals surface area (Å²) >= 11 is 0. The molecule has 19 heavy (non-hydrogen) atoms. The molecule has 0 amide bonds. The largest absolute Gasteiger partial charge is 0.497 e. The van der Waals surface area contributed by atoms with Crippen LogP contribution >= 0.6 is 0 Å². The minimum Gasteiger partial charge on any atom is -0.497 e. The number of hydrogen-bond acceptors (Lipinski definition) is 4.